The third-order valence-electron chi connectivity index (χ3n) is 3.32. The summed E-state index contributed by atoms with van der Waals surface area (Å²) in [6, 6.07) is -0.871. The van der Waals surface area contributed by atoms with Gasteiger partial charge in [0.15, 0.2) is 0 Å². The van der Waals surface area contributed by atoms with Crippen molar-refractivity contribution < 1.29 is 45.7 Å². The Balaban J connectivity index is -0.00000180. The number of amides is 1. The summed E-state index contributed by atoms with van der Waals surface area (Å²) in [5.74, 6) is -1.09. The number of hydrogen-bond donors (Lipinski definition) is 3. The Morgan fingerprint density at radius 1 is 1.05 bits per heavy atom. The van der Waals surface area contributed by atoms with E-state index in [1.54, 1.807) is 0 Å². The quantitative estimate of drug-likeness (QED) is 0.263. The van der Waals surface area contributed by atoms with Crippen molar-refractivity contribution in [1.82, 2.24) is 5.32 Å². The van der Waals surface area contributed by atoms with Crippen LogP contribution in [0.15, 0.2) is 0 Å². The molecule has 2 N–H and O–H groups in total. The van der Waals surface area contributed by atoms with E-state index >= 15 is 0 Å². The van der Waals surface area contributed by atoms with Crippen molar-refractivity contribution in [3.05, 3.63) is 0 Å². The van der Waals surface area contributed by atoms with Gasteiger partial charge in [-0.15, -0.1) is 0 Å². The van der Waals surface area contributed by atoms with Crippen molar-refractivity contribution in [3.63, 3.8) is 0 Å². The maximum atomic E-state index is 11.5. The van der Waals surface area contributed by atoms with Crippen molar-refractivity contribution in [3.8, 4) is 0 Å². The molecule has 4 nitrogen and oxygen atoms in total. The summed E-state index contributed by atoms with van der Waals surface area (Å²) < 4.78 is 0. The van der Waals surface area contributed by atoms with Gasteiger partial charge in [0.25, 0.3) is 0 Å². The van der Waals surface area contributed by atoms with E-state index in [1.807, 2.05) is 0 Å². The number of rotatable bonds is 13. The van der Waals surface area contributed by atoms with Crippen LogP contribution in [0.1, 0.15) is 72.6 Å². The zero-order valence-corrected chi connectivity index (χ0v) is 16.5. The number of carbonyl (C=O) groups excluding carboxylic acids is 1. The van der Waals surface area contributed by atoms with Crippen LogP contribution in [-0.2, 0) is 9.59 Å². The van der Waals surface area contributed by atoms with Crippen molar-refractivity contribution in [2.75, 3.05) is 5.75 Å². The van der Waals surface area contributed by atoms with Crippen LogP contribution in [0.25, 0.3) is 0 Å². The summed E-state index contributed by atoms with van der Waals surface area (Å²) in [5.41, 5.74) is 0. The number of unbranched alkanes of at least 4 members (excludes halogenated alkanes) is 8. The van der Waals surface area contributed by atoms with E-state index in [0.29, 0.717) is 6.42 Å². The molecule has 0 radical (unpaired) electrons. The van der Waals surface area contributed by atoms with Gasteiger partial charge in [-0.25, -0.2) is 4.79 Å². The average molecular weight is 327 g/mol. The van der Waals surface area contributed by atoms with Gasteiger partial charge in [0.1, 0.15) is 6.04 Å². The molecule has 0 bridgehead atoms. The first-order valence-corrected chi connectivity index (χ1v) is 8.38. The standard InChI is InChI=1S/C15H29NO3S.Na.H/c1-2-3-4-5-6-7-8-9-10-11-14(17)16-13(12-20)15(18)19;;/h13,20H,2-12H2,1H3,(H,16,17)(H,18,19);;/q;+1;-1. The van der Waals surface area contributed by atoms with E-state index < -0.39 is 12.0 Å². The van der Waals surface area contributed by atoms with Crippen molar-refractivity contribution in [1.29, 1.82) is 0 Å². The first kappa shape index (κ1) is 23.6. The van der Waals surface area contributed by atoms with Crippen LogP contribution in [0.2, 0.25) is 0 Å². The first-order valence-electron chi connectivity index (χ1n) is 7.74. The van der Waals surface area contributed by atoms with Crippen molar-refractivity contribution in [2.45, 2.75) is 77.2 Å². The molecule has 0 aromatic carbocycles. The van der Waals surface area contributed by atoms with Crippen LogP contribution >= 0.6 is 12.6 Å². The molecule has 0 aliphatic carbocycles. The van der Waals surface area contributed by atoms with Crippen LogP contribution in [0.5, 0.6) is 0 Å². The van der Waals surface area contributed by atoms with Crippen LogP contribution in [-0.4, -0.2) is 28.8 Å². The number of hydrogen-bond acceptors (Lipinski definition) is 3. The molecule has 0 saturated heterocycles. The number of aliphatic carboxylic acids is 1. The molecule has 1 unspecified atom stereocenters. The summed E-state index contributed by atoms with van der Waals surface area (Å²) in [6.45, 7) is 2.22. The Morgan fingerprint density at radius 2 is 1.52 bits per heavy atom. The summed E-state index contributed by atoms with van der Waals surface area (Å²) in [4.78, 5) is 22.2. The van der Waals surface area contributed by atoms with Gasteiger partial charge in [-0.3, -0.25) is 4.79 Å². The molecule has 0 rings (SSSR count). The third-order valence-corrected chi connectivity index (χ3v) is 3.69. The number of carbonyl (C=O) groups is 2. The number of carboxylic acids is 1. The van der Waals surface area contributed by atoms with E-state index in [1.165, 1.54) is 38.5 Å². The summed E-state index contributed by atoms with van der Waals surface area (Å²) in [5, 5.41) is 11.3. The minimum Gasteiger partial charge on any atom is -1.00 e. The van der Waals surface area contributed by atoms with Gasteiger partial charge in [0.2, 0.25) is 5.91 Å². The molecule has 0 heterocycles. The molecule has 0 spiro atoms. The Hall–Kier alpha value is 0.290. The van der Waals surface area contributed by atoms with E-state index in [9.17, 15) is 9.59 Å². The fourth-order valence-corrected chi connectivity index (χ4v) is 2.30. The number of carboxylic acid groups (broad SMARTS) is 1. The van der Waals surface area contributed by atoms with E-state index in [2.05, 4.69) is 24.9 Å². The molecule has 0 saturated carbocycles. The molecule has 21 heavy (non-hydrogen) atoms. The minimum atomic E-state index is -1.03. The Labute approximate surface area is 158 Å². The van der Waals surface area contributed by atoms with Gasteiger partial charge >= 0.3 is 35.5 Å². The summed E-state index contributed by atoms with van der Waals surface area (Å²) >= 11 is 3.91. The Morgan fingerprint density at radius 3 is 1.95 bits per heavy atom. The second-order valence-corrected chi connectivity index (χ2v) is 5.58. The fourth-order valence-electron chi connectivity index (χ4n) is 2.05. The molecule has 1 amide bonds. The molecule has 6 heteroatoms. The second kappa shape index (κ2) is 16.7. The van der Waals surface area contributed by atoms with Gasteiger partial charge in [0, 0.05) is 12.2 Å². The predicted octanol–water partition coefficient (Wildman–Crippen LogP) is 0.523. The zero-order chi connectivity index (χ0) is 15.2. The molecule has 0 aliphatic heterocycles. The van der Waals surface area contributed by atoms with Gasteiger partial charge in [-0.05, 0) is 6.42 Å². The number of nitrogens with one attached hydrogen (secondary N) is 1. The van der Waals surface area contributed by atoms with Crippen LogP contribution < -0.4 is 34.9 Å². The normalized spacial score (nSPS) is 11.5. The molecule has 0 aromatic rings. The van der Waals surface area contributed by atoms with E-state index in [0.717, 1.165) is 19.3 Å². The average Bonchev–Trinajstić information content (AvgIpc) is 2.42. The summed E-state index contributed by atoms with van der Waals surface area (Å²) in [7, 11) is 0. The van der Waals surface area contributed by atoms with Crippen molar-refractivity contribution in [2.24, 2.45) is 0 Å². The van der Waals surface area contributed by atoms with Gasteiger partial charge in [0.05, 0.1) is 0 Å². The molecule has 0 fully saturated rings. The van der Waals surface area contributed by atoms with Gasteiger partial charge in [-0.2, -0.15) is 12.6 Å². The van der Waals surface area contributed by atoms with Crippen LogP contribution in [0, 0.1) is 0 Å². The maximum Gasteiger partial charge on any atom is 1.00 e. The molecular weight excluding hydrogens is 297 g/mol. The van der Waals surface area contributed by atoms with E-state index in [4.69, 9.17) is 5.11 Å². The third kappa shape index (κ3) is 15.0. The monoisotopic (exact) mass is 327 g/mol. The van der Waals surface area contributed by atoms with Crippen molar-refractivity contribution >= 4 is 24.5 Å². The fraction of sp³-hybridized carbons (Fsp3) is 0.867. The first-order chi connectivity index (χ1) is 9.61. The minimum absolute atomic E-state index is 0. The topological polar surface area (TPSA) is 66.4 Å². The van der Waals surface area contributed by atoms with Gasteiger partial charge < -0.3 is 11.8 Å². The van der Waals surface area contributed by atoms with Crippen LogP contribution in [0.4, 0.5) is 0 Å². The molecule has 120 valence electrons. The Kier molecular flexibility index (Phi) is 18.7. The Bertz CT molecular complexity index is 284. The molecular formula is C15H30NNaO3S. The van der Waals surface area contributed by atoms with Crippen LogP contribution in [0.3, 0.4) is 0 Å². The molecule has 1 atom stereocenters. The molecule has 0 aliphatic rings. The second-order valence-electron chi connectivity index (χ2n) is 5.22. The SMILES string of the molecule is CCCCCCCCCCCC(=O)NC(CS)C(=O)O.[H-].[Na+]. The largest absolute Gasteiger partial charge is 1.00 e. The maximum absolute atomic E-state index is 11.5. The zero-order valence-electron chi connectivity index (χ0n) is 14.6. The molecule has 0 aromatic heterocycles. The predicted molar refractivity (Wildman–Crippen MR) is 86.4 cm³/mol. The van der Waals surface area contributed by atoms with Gasteiger partial charge in [-0.1, -0.05) is 58.3 Å². The van der Waals surface area contributed by atoms with E-state index in [-0.39, 0.29) is 42.6 Å². The smallest absolute Gasteiger partial charge is 1.00 e. The summed E-state index contributed by atoms with van der Waals surface area (Å²) in [6.07, 6.45) is 11.2. The number of thiol groups is 1.